The van der Waals surface area contributed by atoms with Crippen molar-refractivity contribution in [2.75, 3.05) is 7.11 Å². The van der Waals surface area contributed by atoms with Gasteiger partial charge in [0.15, 0.2) is 6.10 Å². The van der Waals surface area contributed by atoms with Gasteiger partial charge in [-0.1, -0.05) is 0 Å². The summed E-state index contributed by atoms with van der Waals surface area (Å²) in [6, 6.07) is 2.46. The lowest BCUT2D eigenvalue weighted by atomic mass is 9.94. The molecule has 1 aromatic rings. The zero-order chi connectivity index (χ0) is 13.2. The Morgan fingerprint density at radius 3 is 2.18 bits per heavy atom. The average Bonchev–Trinajstić information content (AvgIpc) is 2.25. The first kappa shape index (κ1) is 13.6. The predicted molar refractivity (Wildman–Crippen MR) is 58.9 cm³/mol. The number of rotatable bonds is 3. The molecule has 2 atom stereocenters. The van der Waals surface area contributed by atoms with Crippen LogP contribution in [0, 0.1) is 19.7 Å². The summed E-state index contributed by atoms with van der Waals surface area (Å²) in [5.74, 6) is -1.36. The number of halogens is 1. The molecule has 0 saturated heterocycles. The van der Waals surface area contributed by atoms with Gasteiger partial charge < -0.3 is 14.9 Å². The molecule has 1 aromatic carbocycles. The third kappa shape index (κ3) is 2.81. The summed E-state index contributed by atoms with van der Waals surface area (Å²) >= 11 is 0. The van der Waals surface area contributed by atoms with Crippen molar-refractivity contribution in [2.45, 2.75) is 26.1 Å². The van der Waals surface area contributed by atoms with Crippen LogP contribution in [-0.2, 0) is 9.53 Å². The highest BCUT2D eigenvalue weighted by Gasteiger charge is 2.28. The van der Waals surface area contributed by atoms with Crippen LogP contribution in [0.3, 0.4) is 0 Å². The van der Waals surface area contributed by atoms with Crippen LogP contribution >= 0.6 is 0 Å². The van der Waals surface area contributed by atoms with Crippen LogP contribution < -0.4 is 0 Å². The quantitative estimate of drug-likeness (QED) is 0.776. The van der Waals surface area contributed by atoms with E-state index in [1.165, 1.54) is 12.1 Å². The minimum Gasteiger partial charge on any atom is -0.467 e. The maximum atomic E-state index is 13.1. The maximum Gasteiger partial charge on any atom is 0.337 e. The van der Waals surface area contributed by atoms with Crippen LogP contribution in [0.5, 0.6) is 0 Å². The Kier molecular flexibility index (Phi) is 4.20. The minimum atomic E-state index is -1.68. The molecule has 0 bridgehead atoms. The Balaban J connectivity index is 3.12. The SMILES string of the molecule is COC(=O)C(O)C(O)c1c(C)cc(F)cc1C. The minimum absolute atomic E-state index is 0.337. The molecule has 17 heavy (non-hydrogen) atoms. The van der Waals surface area contributed by atoms with E-state index < -0.39 is 24.0 Å². The molecule has 0 aliphatic rings. The van der Waals surface area contributed by atoms with Gasteiger partial charge in [-0.05, 0) is 42.7 Å². The van der Waals surface area contributed by atoms with E-state index in [1.54, 1.807) is 13.8 Å². The van der Waals surface area contributed by atoms with Gasteiger partial charge in [-0.3, -0.25) is 0 Å². The van der Waals surface area contributed by atoms with Crippen molar-refractivity contribution in [3.63, 3.8) is 0 Å². The van der Waals surface area contributed by atoms with Crippen LogP contribution in [0.25, 0.3) is 0 Å². The number of hydrogen-bond donors (Lipinski definition) is 2. The monoisotopic (exact) mass is 242 g/mol. The van der Waals surface area contributed by atoms with Crippen LogP contribution in [0.15, 0.2) is 12.1 Å². The number of esters is 1. The number of benzene rings is 1. The first-order valence-corrected chi connectivity index (χ1v) is 5.09. The summed E-state index contributed by atoms with van der Waals surface area (Å²) < 4.78 is 17.4. The van der Waals surface area contributed by atoms with Gasteiger partial charge in [0.25, 0.3) is 0 Å². The Hall–Kier alpha value is -1.46. The first-order chi connectivity index (χ1) is 7.88. The Bertz CT molecular complexity index is 408. The number of ether oxygens (including phenoxy) is 1. The van der Waals surface area contributed by atoms with Gasteiger partial charge in [0.1, 0.15) is 11.9 Å². The number of aliphatic hydroxyl groups is 2. The highest BCUT2D eigenvalue weighted by molar-refractivity contribution is 5.75. The van der Waals surface area contributed by atoms with Crippen molar-refractivity contribution in [2.24, 2.45) is 0 Å². The molecule has 1 rings (SSSR count). The zero-order valence-electron chi connectivity index (χ0n) is 9.90. The second kappa shape index (κ2) is 5.25. The Morgan fingerprint density at radius 2 is 1.76 bits per heavy atom. The Morgan fingerprint density at radius 1 is 1.29 bits per heavy atom. The van der Waals surface area contributed by atoms with Crippen LogP contribution in [-0.4, -0.2) is 29.4 Å². The molecule has 5 heteroatoms. The summed E-state index contributed by atoms with van der Waals surface area (Å²) in [6.45, 7) is 3.19. The third-order valence-corrected chi connectivity index (χ3v) is 2.60. The topological polar surface area (TPSA) is 66.8 Å². The van der Waals surface area contributed by atoms with E-state index in [4.69, 9.17) is 0 Å². The second-order valence-corrected chi connectivity index (χ2v) is 3.87. The molecular formula is C12H15FO4. The predicted octanol–water partition coefficient (Wildman–Crippen LogP) is 1.01. The smallest absolute Gasteiger partial charge is 0.337 e. The van der Waals surface area contributed by atoms with Crippen LogP contribution in [0.2, 0.25) is 0 Å². The normalized spacial score (nSPS) is 14.2. The van der Waals surface area contributed by atoms with Crippen molar-refractivity contribution in [1.29, 1.82) is 0 Å². The molecule has 0 aromatic heterocycles. The molecule has 2 N–H and O–H groups in total. The van der Waals surface area contributed by atoms with Crippen LogP contribution in [0.1, 0.15) is 22.8 Å². The lowest BCUT2D eigenvalue weighted by Crippen LogP contribution is -2.30. The zero-order valence-corrected chi connectivity index (χ0v) is 9.90. The van der Waals surface area contributed by atoms with E-state index in [1.807, 2.05) is 0 Å². The number of aliphatic hydroxyl groups excluding tert-OH is 2. The van der Waals surface area contributed by atoms with Gasteiger partial charge in [-0.15, -0.1) is 0 Å². The summed E-state index contributed by atoms with van der Waals surface area (Å²) in [5.41, 5.74) is 1.28. The lowest BCUT2D eigenvalue weighted by Gasteiger charge is -2.20. The molecule has 0 fully saturated rings. The van der Waals surface area contributed by atoms with Crippen molar-refractivity contribution in [3.8, 4) is 0 Å². The highest BCUT2D eigenvalue weighted by atomic mass is 19.1. The van der Waals surface area contributed by atoms with Crippen molar-refractivity contribution >= 4 is 5.97 Å². The number of carbonyl (C=O) groups excluding carboxylic acids is 1. The van der Waals surface area contributed by atoms with Crippen molar-refractivity contribution in [3.05, 3.63) is 34.6 Å². The maximum absolute atomic E-state index is 13.1. The van der Waals surface area contributed by atoms with Crippen LogP contribution in [0.4, 0.5) is 4.39 Å². The van der Waals surface area contributed by atoms with E-state index >= 15 is 0 Å². The molecule has 0 amide bonds. The Labute approximate surface area is 98.7 Å². The number of methoxy groups -OCH3 is 1. The highest BCUT2D eigenvalue weighted by Crippen LogP contribution is 2.26. The van der Waals surface area contributed by atoms with Gasteiger partial charge >= 0.3 is 5.97 Å². The molecule has 0 aliphatic carbocycles. The molecular weight excluding hydrogens is 227 g/mol. The van der Waals surface area contributed by atoms with E-state index in [9.17, 15) is 19.4 Å². The van der Waals surface area contributed by atoms with Gasteiger partial charge in [0.2, 0.25) is 0 Å². The van der Waals surface area contributed by atoms with Crippen molar-refractivity contribution < 1.29 is 24.1 Å². The summed E-state index contributed by atoms with van der Waals surface area (Å²) in [4.78, 5) is 11.1. The van der Waals surface area contributed by atoms with E-state index in [0.717, 1.165) is 7.11 Å². The first-order valence-electron chi connectivity index (χ1n) is 5.09. The van der Waals surface area contributed by atoms with Gasteiger partial charge in [-0.25, -0.2) is 9.18 Å². The second-order valence-electron chi connectivity index (χ2n) is 3.87. The molecule has 0 heterocycles. The van der Waals surface area contributed by atoms with E-state index in [-0.39, 0.29) is 0 Å². The van der Waals surface area contributed by atoms with E-state index in [2.05, 4.69) is 4.74 Å². The number of hydrogen-bond acceptors (Lipinski definition) is 4. The summed E-state index contributed by atoms with van der Waals surface area (Å²) in [6.07, 6.45) is -3.11. The van der Waals surface area contributed by atoms with Crippen molar-refractivity contribution in [1.82, 2.24) is 0 Å². The van der Waals surface area contributed by atoms with E-state index in [0.29, 0.717) is 16.7 Å². The molecule has 4 nitrogen and oxygen atoms in total. The molecule has 0 spiro atoms. The fourth-order valence-electron chi connectivity index (χ4n) is 1.80. The van der Waals surface area contributed by atoms with Gasteiger partial charge in [-0.2, -0.15) is 0 Å². The van der Waals surface area contributed by atoms with Gasteiger partial charge in [0, 0.05) is 0 Å². The van der Waals surface area contributed by atoms with Gasteiger partial charge in [0.05, 0.1) is 7.11 Å². The number of carbonyl (C=O) groups is 1. The molecule has 0 aliphatic heterocycles. The molecule has 0 radical (unpaired) electrons. The molecule has 94 valence electrons. The third-order valence-electron chi connectivity index (χ3n) is 2.60. The largest absolute Gasteiger partial charge is 0.467 e. The standard InChI is InChI=1S/C12H15FO4/c1-6-4-8(13)5-7(2)9(6)10(14)11(15)12(16)17-3/h4-5,10-11,14-15H,1-3H3. The molecule has 0 saturated carbocycles. The fourth-order valence-corrected chi connectivity index (χ4v) is 1.80. The molecule has 2 unspecified atom stereocenters. The average molecular weight is 242 g/mol. The lowest BCUT2D eigenvalue weighted by molar-refractivity contribution is -0.156. The summed E-state index contributed by atoms with van der Waals surface area (Å²) in [5, 5.41) is 19.4. The fraction of sp³-hybridized carbons (Fsp3) is 0.417. The number of aryl methyl sites for hydroxylation is 2. The summed E-state index contributed by atoms with van der Waals surface area (Å²) in [7, 11) is 1.11.